The Morgan fingerprint density at radius 3 is 2.06 bits per heavy atom. The Morgan fingerprint density at radius 2 is 1.44 bits per heavy atom. The highest BCUT2D eigenvalue weighted by molar-refractivity contribution is 4.81. The Balaban J connectivity index is 1.87. The SMILES string of the molecule is CCCCCCCCCNC1CCC(C)(C)CC1. The maximum atomic E-state index is 3.76. The van der Waals surface area contributed by atoms with Crippen LogP contribution in [0.5, 0.6) is 0 Å². The molecule has 1 heteroatoms. The van der Waals surface area contributed by atoms with Crippen LogP contribution in [-0.4, -0.2) is 12.6 Å². The summed E-state index contributed by atoms with van der Waals surface area (Å²) in [7, 11) is 0. The van der Waals surface area contributed by atoms with Crippen LogP contribution in [0.15, 0.2) is 0 Å². The van der Waals surface area contributed by atoms with Crippen LogP contribution in [0, 0.1) is 5.41 Å². The van der Waals surface area contributed by atoms with E-state index in [4.69, 9.17) is 0 Å². The second kappa shape index (κ2) is 8.96. The second-order valence-corrected chi connectivity index (χ2v) is 7.01. The van der Waals surface area contributed by atoms with Crippen molar-refractivity contribution in [2.24, 2.45) is 5.41 Å². The van der Waals surface area contributed by atoms with Crippen LogP contribution < -0.4 is 5.32 Å². The predicted molar refractivity (Wildman–Crippen MR) is 82.0 cm³/mol. The lowest BCUT2D eigenvalue weighted by molar-refractivity contribution is 0.206. The molecule has 0 aliphatic heterocycles. The molecule has 0 aromatic rings. The number of hydrogen-bond acceptors (Lipinski definition) is 1. The summed E-state index contributed by atoms with van der Waals surface area (Å²) in [5, 5.41) is 3.76. The quantitative estimate of drug-likeness (QED) is 0.550. The highest BCUT2D eigenvalue weighted by atomic mass is 14.9. The summed E-state index contributed by atoms with van der Waals surface area (Å²) < 4.78 is 0. The van der Waals surface area contributed by atoms with Gasteiger partial charge in [-0.05, 0) is 44.1 Å². The molecule has 0 bridgehead atoms. The van der Waals surface area contributed by atoms with Crippen molar-refractivity contribution in [3.63, 3.8) is 0 Å². The van der Waals surface area contributed by atoms with E-state index in [9.17, 15) is 0 Å². The molecular weight excluding hydrogens is 218 g/mol. The first-order valence-corrected chi connectivity index (χ1v) is 8.37. The summed E-state index contributed by atoms with van der Waals surface area (Å²) in [6.07, 6.45) is 15.5. The molecule has 1 nitrogen and oxygen atoms in total. The summed E-state index contributed by atoms with van der Waals surface area (Å²) in [5.41, 5.74) is 0.609. The molecule has 108 valence electrons. The maximum Gasteiger partial charge on any atom is 0.00674 e. The maximum absolute atomic E-state index is 3.76. The molecule has 0 unspecified atom stereocenters. The van der Waals surface area contributed by atoms with Crippen LogP contribution in [0.4, 0.5) is 0 Å². The molecule has 1 aliphatic carbocycles. The van der Waals surface area contributed by atoms with Gasteiger partial charge in [0.05, 0.1) is 0 Å². The number of nitrogens with one attached hydrogen (secondary N) is 1. The molecule has 0 aromatic carbocycles. The van der Waals surface area contributed by atoms with E-state index in [1.807, 2.05) is 0 Å². The van der Waals surface area contributed by atoms with Gasteiger partial charge in [0.15, 0.2) is 0 Å². The van der Waals surface area contributed by atoms with Crippen molar-refractivity contribution in [3.8, 4) is 0 Å². The van der Waals surface area contributed by atoms with Crippen molar-refractivity contribution in [1.82, 2.24) is 5.32 Å². The largest absolute Gasteiger partial charge is 0.314 e. The lowest BCUT2D eigenvalue weighted by Gasteiger charge is -2.34. The van der Waals surface area contributed by atoms with E-state index >= 15 is 0 Å². The van der Waals surface area contributed by atoms with E-state index in [0.29, 0.717) is 5.41 Å². The van der Waals surface area contributed by atoms with Gasteiger partial charge in [-0.15, -0.1) is 0 Å². The van der Waals surface area contributed by atoms with Gasteiger partial charge in [-0.2, -0.15) is 0 Å². The Morgan fingerprint density at radius 1 is 0.889 bits per heavy atom. The molecular formula is C17H35N. The third-order valence-corrected chi connectivity index (χ3v) is 4.55. The molecule has 1 aliphatic rings. The third kappa shape index (κ3) is 7.41. The minimum atomic E-state index is 0.609. The molecule has 0 saturated heterocycles. The van der Waals surface area contributed by atoms with Gasteiger partial charge in [-0.25, -0.2) is 0 Å². The van der Waals surface area contributed by atoms with Crippen LogP contribution in [-0.2, 0) is 0 Å². The molecule has 1 saturated carbocycles. The monoisotopic (exact) mass is 253 g/mol. The van der Waals surface area contributed by atoms with Gasteiger partial charge < -0.3 is 5.32 Å². The fourth-order valence-corrected chi connectivity index (χ4v) is 2.99. The van der Waals surface area contributed by atoms with E-state index in [2.05, 4.69) is 26.1 Å². The Labute approximate surface area is 115 Å². The summed E-state index contributed by atoms with van der Waals surface area (Å²) >= 11 is 0. The first kappa shape index (κ1) is 16.0. The van der Waals surface area contributed by atoms with Crippen molar-refractivity contribution < 1.29 is 0 Å². The van der Waals surface area contributed by atoms with E-state index in [1.165, 1.54) is 77.2 Å². The summed E-state index contributed by atoms with van der Waals surface area (Å²) in [6, 6.07) is 0.818. The van der Waals surface area contributed by atoms with E-state index in [0.717, 1.165) is 6.04 Å². The minimum absolute atomic E-state index is 0.609. The molecule has 18 heavy (non-hydrogen) atoms. The third-order valence-electron chi connectivity index (χ3n) is 4.55. The fourth-order valence-electron chi connectivity index (χ4n) is 2.99. The van der Waals surface area contributed by atoms with Gasteiger partial charge in [-0.1, -0.05) is 59.3 Å². The smallest absolute Gasteiger partial charge is 0.00674 e. The van der Waals surface area contributed by atoms with Crippen LogP contribution in [0.3, 0.4) is 0 Å². The molecule has 1 rings (SSSR count). The fraction of sp³-hybridized carbons (Fsp3) is 1.00. The molecule has 0 amide bonds. The first-order chi connectivity index (χ1) is 8.64. The lowest BCUT2D eigenvalue weighted by Crippen LogP contribution is -2.36. The normalized spacial score (nSPS) is 20.2. The van der Waals surface area contributed by atoms with Gasteiger partial charge in [0.1, 0.15) is 0 Å². The van der Waals surface area contributed by atoms with Crippen molar-refractivity contribution >= 4 is 0 Å². The number of rotatable bonds is 9. The van der Waals surface area contributed by atoms with Gasteiger partial charge >= 0.3 is 0 Å². The molecule has 1 N–H and O–H groups in total. The Kier molecular flexibility index (Phi) is 7.97. The molecule has 0 radical (unpaired) electrons. The second-order valence-electron chi connectivity index (χ2n) is 7.01. The summed E-state index contributed by atoms with van der Waals surface area (Å²) in [5.74, 6) is 0. The van der Waals surface area contributed by atoms with E-state index in [-0.39, 0.29) is 0 Å². The Hall–Kier alpha value is -0.0400. The Bertz CT molecular complexity index is 188. The lowest BCUT2D eigenvalue weighted by atomic mass is 9.75. The van der Waals surface area contributed by atoms with Crippen molar-refractivity contribution in [1.29, 1.82) is 0 Å². The number of hydrogen-bond donors (Lipinski definition) is 1. The van der Waals surface area contributed by atoms with Crippen LogP contribution in [0.25, 0.3) is 0 Å². The highest BCUT2D eigenvalue weighted by Gasteiger charge is 2.26. The van der Waals surface area contributed by atoms with E-state index in [1.54, 1.807) is 0 Å². The van der Waals surface area contributed by atoms with Crippen LogP contribution in [0.1, 0.15) is 91.4 Å². The van der Waals surface area contributed by atoms with Crippen molar-refractivity contribution in [2.75, 3.05) is 6.54 Å². The van der Waals surface area contributed by atoms with Crippen molar-refractivity contribution in [2.45, 2.75) is 97.4 Å². The zero-order valence-corrected chi connectivity index (χ0v) is 13.1. The highest BCUT2D eigenvalue weighted by Crippen LogP contribution is 2.34. The average molecular weight is 253 g/mol. The molecule has 0 spiro atoms. The topological polar surface area (TPSA) is 12.0 Å². The van der Waals surface area contributed by atoms with Crippen LogP contribution in [0.2, 0.25) is 0 Å². The first-order valence-electron chi connectivity index (χ1n) is 8.37. The van der Waals surface area contributed by atoms with Gasteiger partial charge in [0, 0.05) is 6.04 Å². The number of unbranched alkanes of at least 4 members (excludes halogenated alkanes) is 6. The van der Waals surface area contributed by atoms with Gasteiger partial charge in [0.25, 0.3) is 0 Å². The summed E-state index contributed by atoms with van der Waals surface area (Å²) in [4.78, 5) is 0. The molecule has 0 atom stereocenters. The summed E-state index contributed by atoms with van der Waals surface area (Å²) in [6.45, 7) is 8.37. The van der Waals surface area contributed by atoms with Gasteiger partial charge in [0.2, 0.25) is 0 Å². The molecule has 0 heterocycles. The van der Waals surface area contributed by atoms with E-state index < -0.39 is 0 Å². The average Bonchev–Trinajstić information content (AvgIpc) is 2.34. The molecule has 0 aromatic heterocycles. The minimum Gasteiger partial charge on any atom is -0.314 e. The zero-order chi connectivity index (χ0) is 13.3. The van der Waals surface area contributed by atoms with Crippen molar-refractivity contribution in [3.05, 3.63) is 0 Å². The van der Waals surface area contributed by atoms with Crippen LogP contribution >= 0.6 is 0 Å². The molecule has 1 fully saturated rings. The predicted octanol–water partition coefficient (Wildman–Crippen LogP) is 5.30. The zero-order valence-electron chi connectivity index (χ0n) is 13.1. The van der Waals surface area contributed by atoms with Gasteiger partial charge in [-0.3, -0.25) is 0 Å². The standard InChI is InChI=1S/C17H35N/c1-4-5-6-7-8-9-10-15-18-16-11-13-17(2,3)14-12-16/h16,18H,4-15H2,1-3H3.